The molecule has 6 nitrogen and oxygen atoms in total. The van der Waals surface area contributed by atoms with Crippen LogP contribution >= 0.6 is 11.3 Å². The van der Waals surface area contributed by atoms with Crippen LogP contribution in [0, 0.1) is 13.8 Å². The van der Waals surface area contributed by atoms with E-state index in [4.69, 9.17) is 23.9 Å². The highest BCUT2D eigenvalue weighted by atomic mass is 32.1. The van der Waals surface area contributed by atoms with E-state index in [2.05, 4.69) is 48.1 Å². The summed E-state index contributed by atoms with van der Waals surface area (Å²) in [5.74, 6) is 3.04. The molecule has 34 heavy (non-hydrogen) atoms. The van der Waals surface area contributed by atoms with Crippen molar-refractivity contribution in [1.29, 1.82) is 0 Å². The SMILES string of the molecule is COc1ccc(-c2csc(=Nc3cc(C)ccc3C)n2Cc2ccc3c(c2)OCO3)c(OC)c1. The number of aromatic nitrogens is 1. The second-order valence-electron chi connectivity index (χ2n) is 8.15. The third-order valence-corrected chi connectivity index (χ3v) is 6.70. The fourth-order valence-corrected chi connectivity index (χ4v) is 4.87. The molecule has 174 valence electrons. The molecule has 1 aliphatic heterocycles. The number of rotatable bonds is 6. The Labute approximate surface area is 202 Å². The van der Waals surface area contributed by atoms with Crippen LogP contribution in [0.15, 0.2) is 65.0 Å². The van der Waals surface area contributed by atoms with Crippen LogP contribution in [-0.2, 0) is 6.54 Å². The number of benzene rings is 3. The first-order valence-electron chi connectivity index (χ1n) is 11.0. The van der Waals surface area contributed by atoms with Gasteiger partial charge in [-0.2, -0.15) is 0 Å². The molecule has 0 radical (unpaired) electrons. The number of thiazole rings is 1. The number of nitrogens with zero attached hydrogens (tertiary/aromatic N) is 2. The second-order valence-corrected chi connectivity index (χ2v) is 8.98. The monoisotopic (exact) mass is 474 g/mol. The molecule has 1 aromatic heterocycles. The number of ether oxygens (including phenoxy) is 4. The van der Waals surface area contributed by atoms with Gasteiger partial charge in [-0.15, -0.1) is 11.3 Å². The molecule has 1 aliphatic rings. The van der Waals surface area contributed by atoms with Gasteiger partial charge in [-0.1, -0.05) is 18.2 Å². The van der Waals surface area contributed by atoms with E-state index in [1.807, 2.05) is 30.3 Å². The van der Waals surface area contributed by atoms with Crippen molar-refractivity contribution in [3.8, 4) is 34.3 Å². The quantitative estimate of drug-likeness (QED) is 0.351. The van der Waals surface area contributed by atoms with E-state index < -0.39 is 0 Å². The Hall–Kier alpha value is -3.71. The van der Waals surface area contributed by atoms with Crippen molar-refractivity contribution in [2.24, 2.45) is 4.99 Å². The van der Waals surface area contributed by atoms with Gasteiger partial charge in [0, 0.05) is 17.0 Å². The Balaban J connectivity index is 1.67. The summed E-state index contributed by atoms with van der Waals surface area (Å²) < 4.78 is 24.4. The molecule has 0 bridgehead atoms. The first-order chi connectivity index (χ1) is 16.6. The van der Waals surface area contributed by atoms with Crippen LogP contribution in [0.25, 0.3) is 11.3 Å². The summed E-state index contributed by atoms with van der Waals surface area (Å²) in [6, 6.07) is 18.3. The van der Waals surface area contributed by atoms with E-state index >= 15 is 0 Å². The fraction of sp³-hybridized carbons (Fsp3) is 0.222. The number of aryl methyl sites for hydroxylation is 2. The molecular formula is C27H26N2O4S. The average Bonchev–Trinajstić information content (AvgIpc) is 3.48. The van der Waals surface area contributed by atoms with Crippen LogP contribution < -0.4 is 23.7 Å². The molecule has 0 fully saturated rings. The zero-order chi connectivity index (χ0) is 23.7. The van der Waals surface area contributed by atoms with E-state index in [0.29, 0.717) is 6.54 Å². The lowest BCUT2D eigenvalue weighted by Crippen LogP contribution is -2.17. The molecule has 0 saturated heterocycles. The molecular weight excluding hydrogens is 448 g/mol. The number of methoxy groups -OCH3 is 2. The molecule has 0 amide bonds. The topological polar surface area (TPSA) is 54.2 Å². The summed E-state index contributed by atoms with van der Waals surface area (Å²) in [4.78, 5) is 5.97. The van der Waals surface area contributed by atoms with E-state index in [1.54, 1.807) is 25.6 Å². The Kier molecular flexibility index (Phi) is 6.02. The van der Waals surface area contributed by atoms with Gasteiger partial charge in [-0.3, -0.25) is 0 Å². The van der Waals surface area contributed by atoms with Crippen molar-refractivity contribution in [3.05, 3.63) is 81.5 Å². The first kappa shape index (κ1) is 22.1. The zero-order valence-electron chi connectivity index (χ0n) is 19.6. The molecule has 0 aliphatic carbocycles. The summed E-state index contributed by atoms with van der Waals surface area (Å²) in [5.41, 5.74) is 6.37. The molecule has 0 N–H and O–H groups in total. The van der Waals surface area contributed by atoms with E-state index in [0.717, 1.165) is 55.9 Å². The molecule has 0 spiro atoms. The molecule has 5 rings (SSSR count). The predicted octanol–water partition coefficient (Wildman–Crippen LogP) is 5.86. The normalized spacial score (nSPS) is 12.8. The van der Waals surface area contributed by atoms with Gasteiger partial charge in [0.15, 0.2) is 16.3 Å². The summed E-state index contributed by atoms with van der Waals surface area (Å²) in [5, 5.41) is 2.13. The van der Waals surface area contributed by atoms with Gasteiger partial charge in [0.25, 0.3) is 0 Å². The van der Waals surface area contributed by atoms with Gasteiger partial charge in [0.2, 0.25) is 6.79 Å². The average molecular weight is 475 g/mol. The highest BCUT2D eigenvalue weighted by Gasteiger charge is 2.17. The van der Waals surface area contributed by atoms with Gasteiger partial charge in [-0.25, -0.2) is 4.99 Å². The lowest BCUT2D eigenvalue weighted by molar-refractivity contribution is 0.174. The van der Waals surface area contributed by atoms with Crippen molar-refractivity contribution in [2.45, 2.75) is 20.4 Å². The number of fused-ring (bicyclic) bond motifs is 1. The van der Waals surface area contributed by atoms with E-state index in [-0.39, 0.29) is 6.79 Å². The van der Waals surface area contributed by atoms with Crippen molar-refractivity contribution < 1.29 is 18.9 Å². The van der Waals surface area contributed by atoms with E-state index in [9.17, 15) is 0 Å². The minimum absolute atomic E-state index is 0.256. The van der Waals surface area contributed by atoms with Gasteiger partial charge in [0.1, 0.15) is 11.5 Å². The fourth-order valence-electron chi connectivity index (χ4n) is 3.96. The van der Waals surface area contributed by atoms with Crippen LogP contribution in [0.5, 0.6) is 23.0 Å². The van der Waals surface area contributed by atoms with Gasteiger partial charge < -0.3 is 23.5 Å². The standard InChI is InChI=1S/C27H26N2O4S/c1-17-5-6-18(2)22(11-17)28-27-29(14-19-7-10-24-26(12-19)33-16-32-24)23(15-34-27)21-9-8-20(30-3)13-25(21)31-4/h5-13,15H,14,16H2,1-4H3. The summed E-state index contributed by atoms with van der Waals surface area (Å²) in [7, 11) is 3.33. The number of hydrogen-bond acceptors (Lipinski definition) is 6. The maximum absolute atomic E-state index is 5.71. The Morgan fingerprint density at radius 2 is 1.79 bits per heavy atom. The molecule has 0 unspecified atom stereocenters. The summed E-state index contributed by atoms with van der Waals surface area (Å²) in [6.45, 7) is 5.04. The number of hydrogen-bond donors (Lipinski definition) is 0. The first-order valence-corrected chi connectivity index (χ1v) is 11.8. The third kappa shape index (κ3) is 4.26. The lowest BCUT2D eigenvalue weighted by atomic mass is 10.1. The molecule has 2 heterocycles. The van der Waals surface area contributed by atoms with Crippen molar-refractivity contribution in [3.63, 3.8) is 0 Å². The Morgan fingerprint density at radius 1 is 0.941 bits per heavy atom. The minimum Gasteiger partial charge on any atom is -0.497 e. The summed E-state index contributed by atoms with van der Waals surface area (Å²) >= 11 is 1.61. The minimum atomic E-state index is 0.256. The van der Waals surface area contributed by atoms with Crippen LogP contribution in [0.3, 0.4) is 0 Å². The third-order valence-electron chi connectivity index (χ3n) is 5.84. The van der Waals surface area contributed by atoms with Gasteiger partial charge in [-0.05, 0) is 60.9 Å². The lowest BCUT2D eigenvalue weighted by Gasteiger charge is -2.14. The Bertz CT molecular complexity index is 1420. The van der Waals surface area contributed by atoms with Crippen LogP contribution in [0.1, 0.15) is 16.7 Å². The zero-order valence-corrected chi connectivity index (χ0v) is 20.4. The van der Waals surface area contributed by atoms with Crippen LogP contribution in [0.4, 0.5) is 5.69 Å². The van der Waals surface area contributed by atoms with Gasteiger partial charge >= 0.3 is 0 Å². The Morgan fingerprint density at radius 3 is 2.62 bits per heavy atom. The molecule has 7 heteroatoms. The van der Waals surface area contributed by atoms with Crippen molar-refractivity contribution in [2.75, 3.05) is 21.0 Å². The highest BCUT2D eigenvalue weighted by molar-refractivity contribution is 7.07. The van der Waals surface area contributed by atoms with Crippen LogP contribution in [0.2, 0.25) is 0 Å². The summed E-state index contributed by atoms with van der Waals surface area (Å²) in [6.07, 6.45) is 0. The molecule has 0 atom stereocenters. The van der Waals surface area contributed by atoms with Gasteiger partial charge in [0.05, 0.1) is 32.1 Å². The molecule has 4 aromatic rings. The maximum atomic E-state index is 5.71. The second kappa shape index (κ2) is 9.27. The van der Waals surface area contributed by atoms with Crippen molar-refractivity contribution in [1.82, 2.24) is 4.57 Å². The van der Waals surface area contributed by atoms with E-state index in [1.165, 1.54) is 5.56 Å². The maximum Gasteiger partial charge on any atom is 0.231 e. The van der Waals surface area contributed by atoms with Crippen LogP contribution in [-0.4, -0.2) is 25.6 Å². The predicted molar refractivity (Wildman–Crippen MR) is 134 cm³/mol. The molecule has 3 aromatic carbocycles. The highest BCUT2D eigenvalue weighted by Crippen LogP contribution is 2.36. The molecule has 0 saturated carbocycles. The van der Waals surface area contributed by atoms with Crippen molar-refractivity contribution >= 4 is 17.0 Å². The largest absolute Gasteiger partial charge is 0.497 e. The smallest absolute Gasteiger partial charge is 0.231 e.